The topological polar surface area (TPSA) is 138 Å². The minimum absolute atomic E-state index is 0.0792. The van der Waals surface area contributed by atoms with Gasteiger partial charge in [0.1, 0.15) is 22.7 Å². The molecule has 1 aliphatic heterocycles. The van der Waals surface area contributed by atoms with Gasteiger partial charge in [-0.1, -0.05) is 0 Å². The second-order valence-corrected chi connectivity index (χ2v) is 10.3. The second-order valence-electron chi connectivity index (χ2n) is 10.3. The van der Waals surface area contributed by atoms with Gasteiger partial charge in [0.2, 0.25) is 5.78 Å². The van der Waals surface area contributed by atoms with Crippen molar-refractivity contribution in [3.8, 4) is 11.5 Å². The van der Waals surface area contributed by atoms with E-state index in [1.54, 1.807) is 26.8 Å². The third-order valence-corrected chi connectivity index (χ3v) is 6.30. The van der Waals surface area contributed by atoms with Gasteiger partial charge in [-0.25, -0.2) is 18.6 Å². The Hall–Kier alpha value is -3.97. The first-order chi connectivity index (χ1) is 18.9. The molecular weight excluding hydrogens is 530 g/mol. The fourth-order valence-corrected chi connectivity index (χ4v) is 4.27. The molecule has 0 radical (unpaired) electrons. The molecule has 2 aromatic heterocycles. The standard InChI is InChI=1S/C27H32F2N4O7/c1-27(2,3)40-26(35)33(4)23-13-9-19(32-15-12-38-8-7-14(15)30)31-11-18(13)39-25(23)24(34)20-21(28)16(36-5)10-17(37-6)22(20)29/h9-11,14-15H,7-8,12,30H2,1-6H3,(H,31,32)/t14-,15+/m0/s1. The number of benzene rings is 1. The Balaban J connectivity index is 1.88. The van der Waals surface area contributed by atoms with E-state index in [2.05, 4.69) is 10.3 Å². The summed E-state index contributed by atoms with van der Waals surface area (Å²) < 4.78 is 57.3. The van der Waals surface area contributed by atoms with Gasteiger partial charge < -0.3 is 34.4 Å². The van der Waals surface area contributed by atoms with Crippen LogP contribution in [0.5, 0.6) is 11.5 Å². The van der Waals surface area contributed by atoms with E-state index in [1.165, 1.54) is 13.2 Å². The lowest BCUT2D eigenvalue weighted by molar-refractivity contribution is 0.0589. The molecule has 13 heteroatoms. The van der Waals surface area contributed by atoms with Crippen LogP contribution in [0.1, 0.15) is 43.3 Å². The third kappa shape index (κ3) is 5.65. The van der Waals surface area contributed by atoms with E-state index in [9.17, 15) is 9.59 Å². The molecule has 40 heavy (non-hydrogen) atoms. The van der Waals surface area contributed by atoms with Crippen molar-refractivity contribution in [3.05, 3.63) is 41.3 Å². The summed E-state index contributed by atoms with van der Waals surface area (Å²) in [5.74, 6) is -4.71. The molecule has 0 saturated carbocycles. The number of carbonyl (C=O) groups excluding carboxylic acids is 2. The van der Waals surface area contributed by atoms with E-state index < -0.39 is 51.9 Å². The number of rotatable bonds is 7. The summed E-state index contributed by atoms with van der Waals surface area (Å²) in [6, 6.07) is 2.10. The number of methoxy groups -OCH3 is 2. The number of ether oxygens (including phenoxy) is 4. The average molecular weight is 563 g/mol. The molecule has 0 aliphatic carbocycles. The molecule has 4 rings (SSSR count). The van der Waals surface area contributed by atoms with E-state index in [0.29, 0.717) is 25.5 Å². The monoisotopic (exact) mass is 562 g/mol. The number of anilines is 2. The van der Waals surface area contributed by atoms with Crippen LogP contribution in [0.3, 0.4) is 0 Å². The van der Waals surface area contributed by atoms with Crippen molar-refractivity contribution in [2.75, 3.05) is 44.7 Å². The minimum atomic E-state index is -1.26. The lowest BCUT2D eigenvalue weighted by atomic mass is 10.0. The lowest BCUT2D eigenvalue weighted by Crippen LogP contribution is -2.47. The first-order valence-electron chi connectivity index (χ1n) is 12.5. The molecule has 1 amide bonds. The molecule has 3 N–H and O–H groups in total. The van der Waals surface area contributed by atoms with Gasteiger partial charge in [0, 0.05) is 25.8 Å². The quantitative estimate of drug-likeness (QED) is 0.402. The van der Waals surface area contributed by atoms with Gasteiger partial charge >= 0.3 is 6.09 Å². The van der Waals surface area contributed by atoms with Gasteiger partial charge in [-0.3, -0.25) is 9.69 Å². The number of nitrogens with two attached hydrogens (primary N) is 1. The Kier molecular flexibility index (Phi) is 8.17. The summed E-state index contributed by atoms with van der Waals surface area (Å²) in [5.41, 5.74) is 4.35. The molecule has 3 aromatic rings. The van der Waals surface area contributed by atoms with Gasteiger partial charge in [0.25, 0.3) is 0 Å². The highest BCUT2D eigenvalue weighted by Gasteiger charge is 2.35. The molecule has 11 nitrogen and oxygen atoms in total. The number of nitrogens with one attached hydrogen (secondary N) is 1. The molecule has 1 aromatic carbocycles. The van der Waals surface area contributed by atoms with Crippen molar-refractivity contribution < 1.29 is 41.7 Å². The molecule has 1 saturated heterocycles. The highest BCUT2D eigenvalue weighted by molar-refractivity contribution is 6.17. The van der Waals surface area contributed by atoms with Crippen LogP contribution in [0.25, 0.3) is 11.0 Å². The SMILES string of the molecule is COc1cc(OC)c(F)c(C(=O)c2oc3cnc(N[C@@H]4COCC[C@@H]4N)cc3c2N(C)C(=O)OC(C)(C)C)c1F. The predicted molar refractivity (Wildman–Crippen MR) is 142 cm³/mol. The Morgan fingerprint density at radius 2 is 1.80 bits per heavy atom. The maximum atomic E-state index is 15.3. The molecule has 1 fully saturated rings. The number of aromatic nitrogens is 1. The van der Waals surface area contributed by atoms with Crippen molar-refractivity contribution >= 4 is 34.4 Å². The number of ketones is 1. The Morgan fingerprint density at radius 1 is 1.15 bits per heavy atom. The fraction of sp³-hybridized carbons (Fsp3) is 0.444. The summed E-state index contributed by atoms with van der Waals surface area (Å²) in [4.78, 5) is 32.2. The largest absolute Gasteiger partial charge is 0.494 e. The Labute approximate surface area is 229 Å². The number of carbonyl (C=O) groups is 2. The molecule has 0 unspecified atom stereocenters. The molecule has 0 bridgehead atoms. The van der Waals surface area contributed by atoms with Crippen molar-refractivity contribution in [1.82, 2.24) is 4.98 Å². The van der Waals surface area contributed by atoms with E-state index in [1.807, 2.05) is 0 Å². The fourth-order valence-electron chi connectivity index (χ4n) is 4.27. The highest BCUT2D eigenvalue weighted by atomic mass is 19.1. The van der Waals surface area contributed by atoms with Crippen LogP contribution in [0.2, 0.25) is 0 Å². The molecule has 3 heterocycles. The van der Waals surface area contributed by atoms with Crippen LogP contribution in [0, 0.1) is 11.6 Å². The first-order valence-corrected chi connectivity index (χ1v) is 12.5. The van der Waals surface area contributed by atoms with Crippen LogP contribution in [-0.2, 0) is 9.47 Å². The molecule has 0 spiro atoms. The van der Waals surface area contributed by atoms with E-state index in [4.69, 9.17) is 29.1 Å². The summed E-state index contributed by atoms with van der Waals surface area (Å²) in [6.45, 7) is 5.93. The molecule has 2 atom stereocenters. The van der Waals surface area contributed by atoms with Crippen molar-refractivity contribution in [2.45, 2.75) is 44.9 Å². The van der Waals surface area contributed by atoms with Crippen molar-refractivity contribution in [3.63, 3.8) is 0 Å². The zero-order valence-corrected chi connectivity index (χ0v) is 23.1. The van der Waals surface area contributed by atoms with Crippen LogP contribution in [0.15, 0.2) is 22.7 Å². The highest BCUT2D eigenvalue weighted by Crippen LogP contribution is 2.39. The van der Waals surface area contributed by atoms with Gasteiger partial charge in [-0.2, -0.15) is 0 Å². The molecule has 216 valence electrons. The lowest BCUT2D eigenvalue weighted by Gasteiger charge is -2.29. The van der Waals surface area contributed by atoms with E-state index in [0.717, 1.165) is 25.2 Å². The van der Waals surface area contributed by atoms with Crippen LogP contribution >= 0.6 is 0 Å². The number of hydrogen-bond donors (Lipinski definition) is 2. The summed E-state index contributed by atoms with van der Waals surface area (Å²) in [6.07, 6.45) is 1.15. The van der Waals surface area contributed by atoms with Crippen LogP contribution in [0.4, 0.5) is 25.1 Å². The maximum Gasteiger partial charge on any atom is 0.414 e. The van der Waals surface area contributed by atoms with Crippen LogP contribution in [-0.4, -0.2) is 69.0 Å². The third-order valence-electron chi connectivity index (χ3n) is 6.30. The number of furan rings is 1. The predicted octanol–water partition coefficient (Wildman–Crippen LogP) is 4.25. The number of amides is 1. The van der Waals surface area contributed by atoms with Gasteiger partial charge in [-0.15, -0.1) is 0 Å². The second kappa shape index (κ2) is 11.3. The number of pyridine rings is 1. The van der Waals surface area contributed by atoms with E-state index in [-0.39, 0.29) is 28.7 Å². The maximum absolute atomic E-state index is 15.3. The number of nitrogens with zero attached hydrogens (tertiary/aromatic N) is 2. The molecule has 1 aliphatic rings. The minimum Gasteiger partial charge on any atom is -0.494 e. The van der Waals surface area contributed by atoms with Crippen LogP contribution < -0.4 is 25.4 Å². The smallest absolute Gasteiger partial charge is 0.414 e. The Morgan fingerprint density at radius 3 is 2.38 bits per heavy atom. The van der Waals surface area contributed by atoms with Gasteiger partial charge in [0.05, 0.1) is 38.5 Å². The average Bonchev–Trinajstić information content (AvgIpc) is 3.27. The molecular formula is C27H32F2N4O7. The van der Waals surface area contributed by atoms with Crippen molar-refractivity contribution in [2.24, 2.45) is 5.73 Å². The zero-order chi connectivity index (χ0) is 29.4. The summed E-state index contributed by atoms with van der Waals surface area (Å²) >= 11 is 0. The van der Waals surface area contributed by atoms with Gasteiger partial charge in [-0.05, 0) is 33.3 Å². The normalized spacial score (nSPS) is 17.4. The number of hydrogen-bond acceptors (Lipinski definition) is 10. The van der Waals surface area contributed by atoms with Crippen molar-refractivity contribution in [1.29, 1.82) is 0 Å². The Bertz CT molecular complexity index is 1410. The zero-order valence-electron chi connectivity index (χ0n) is 23.1. The summed E-state index contributed by atoms with van der Waals surface area (Å²) in [5, 5.41) is 3.46. The summed E-state index contributed by atoms with van der Waals surface area (Å²) in [7, 11) is 3.68. The van der Waals surface area contributed by atoms with Gasteiger partial charge in [0.15, 0.2) is 34.5 Å². The number of halogens is 2. The van der Waals surface area contributed by atoms with E-state index >= 15 is 8.78 Å². The first kappa shape index (κ1) is 29.0. The number of fused-ring (bicyclic) bond motifs is 1.